The number of nitrogens with zero attached hydrogens (tertiary/aromatic N) is 2. The molecule has 0 atom stereocenters. The molecule has 0 spiro atoms. The van der Waals surface area contributed by atoms with Gasteiger partial charge < -0.3 is 10.1 Å². The SMILES string of the molecule is CCNc1cncc(-c2cc(C)ccc2OC)n1. The minimum Gasteiger partial charge on any atom is -0.496 e. The van der Waals surface area contributed by atoms with Crippen molar-refractivity contribution in [3.8, 4) is 17.0 Å². The van der Waals surface area contributed by atoms with Gasteiger partial charge in [-0.1, -0.05) is 11.6 Å². The Kier molecular flexibility index (Phi) is 3.77. The van der Waals surface area contributed by atoms with Crippen LogP contribution in [0, 0.1) is 6.92 Å². The van der Waals surface area contributed by atoms with E-state index in [9.17, 15) is 0 Å². The molecule has 0 saturated carbocycles. The zero-order chi connectivity index (χ0) is 13.0. The Hall–Kier alpha value is -2.10. The Morgan fingerprint density at radius 2 is 2.11 bits per heavy atom. The zero-order valence-corrected chi connectivity index (χ0v) is 10.9. The quantitative estimate of drug-likeness (QED) is 0.897. The van der Waals surface area contributed by atoms with Gasteiger partial charge in [0, 0.05) is 12.1 Å². The Bertz CT molecular complexity index is 540. The van der Waals surface area contributed by atoms with E-state index in [-0.39, 0.29) is 0 Å². The van der Waals surface area contributed by atoms with Crippen LogP contribution in [-0.4, -0.2) is 23.6 Å². The fourth-order valence-corrected chi connectivity index (χ4v) is 1.78. The molecule has 2 aromatic rings. The Balaban J connectivity index is 2.47. The summed E-state index contributed by atoms with van der Waals surface area (Å²) in [6.45, 7) is 4.90. The number of anilines is 1. The first-order chi connectivity index (χ1) is 8.74. The minimum atomic E-state index is 0.776. The lowest BCUT2D eigenvalue weighted by molar-refractivity contribution is 0.416. The molecule has 4 nitrogen and oxygen atoms in total. The van der Waals surface area contributed by atoms with E-state index in [2.05, 4.69) is 21.4 Å². The molecule has 0 radical (unpaired) electrons. The molecule has 0 aliphatic heterocycles. The summed E-state index contributed by atoms with van der Waals surface area (Å²) in [5.74, 6) is 1.59. The van der Waals surface area contributed by atoms with Crippen LogP contribution in [0.3, 0.4) is 0 Å². The van der Waals surface area contributed by atoms with E-state index in [4.69, 9.17) is 4.74 Å². The average Bonchev–Trinajstić information content (AvgIpc) is 2.39. The fourth-order valence-electron chi connectivity index (χ4n) is 1.78. The third kappa shape index (κ3) is 2.59. The van der Waals surface area contributed by atoms with Crippen molar-refractivity contribution in [2.24, 2.45) is 0 Å². The maximum atomic E-state index is 5.37. The van der Waals surface area contributed by atoms with Crippen molar-refractivity contribution in [2.45, 2.75) is 13.8 Å². The van der Waals surface area contributed by atoms with Gasteiger partial charge in [-0.05, 0) is 26.0 Å². The van der Waals surface area contributed by atoms with E-state index >= 15 is 0 Å². The lowest BCUT2D eigenvalue weighted by atomic mass is 10.1. The summed E-state index contributed by atoms with van der Waals surface area (Å²) in [5.41, 5.74) is 2.94. The number of benzene rings is 1. The summed E-state index contributed by atoms with van der Waals surface area (Å²) in [4.78, 5) is 8.73. The lowest BCUT2D eigenvalue weighted by Crippen LogP contribution is -2.01. The maximum absolute atomic E-state index is 5.37. The fraction of sp³-hybridized carbons (Fsp3) is 0.286. The number of aromatic nitrogens is 2. The number of methoxy groups -OCH3 is 1. The predicted molar refractivity (Wildman–Crippen MR) is 72.9 cm³/mol. The van der Waals surface area contributed by atoms with Crippen LogP contribution < -0.4 is 10.1 Å². The highest BCUT2D eigenvalue weighted by Crippen LogP contribution is 2.29. The first-order valence-corrected chi connectivity index (χ1v) is 5.95. The van der Waals surface area contributed by atoms with Gasteiger partial charge in [0.25, 0.3) is 0 Å². The Morgan fingerprint density at radius 1 is 1.28 bits per heavy atom. The first kappa shape index (κ1) is 12.4. The molecule has 0 saturated heterocycles. The summed E-state index contributed by atoms with van der Waals surface area (Å²) >= 11 is 0. The molecule has 1 N–H and O–H groups in total. The molecule has 1 aromatic carbocycles. The van der Waals surface area contributed by atoms with Gasteiger partial charge in [0.1, 0.15) is 11.6 Å². The van der Waals surface area contributed by atoms with E-state index < -0.39 is 0 Å². The second-order valence-electron chi connectivity index (χ2n) is 4.02. The number of nitrogens with one attached hydrogen (secondary N) is 1. The van der Waals surface area contributed by atoms with E-state index in [0.717, 1.165) is 29.4 Å². The van der Waals surface area contributed by atoms with Crippen molar-refractivity contribution in [3.05, 3.63) is 36.2 Å². The minimum absolute atomic E-state index is 0.776. The van der Waals surface area contributed by atoms with E-state index in [1.165, 1.54) is 5.56 Å². The lowest BCUT2D eigenvalue weighted by Gasteiger charge is -2.10. The molecule has 4 heteroatoms. The molecular weight excluding hydrogens is 226 g/mol. The first-order valence-electron chi connectivity index (χ1n) is 5.95. The van der Waals surface area contributed by atoms with Crippen molar-refractivity contribution in [3.63, 3.8) is 0 Å². The number of aryl methyl sites for hydroxylation is 1. The van der Waals surface area contributed by atoms with Crippen molar-refractivity contribution >= 4 is 5.82 Å². The summed E-state index contributed by atoms with van der Waals surface area (Å²) < 4.78 is 5.37. The number of ether oxygens (including phenoxy) is 1. The molecule has 0 amide bonds. The number of hydrogen-bond donors (Lipinski definition) is 1. The molecule has 0 aliphatic carbocycles. The van der Waals surface area contributed by atoms with Gasteiger partial charge in [-0.15, -0.1) is 0 Å². The van der Waals surface area contributed by atoms with Crippen LogP contribution in [0.25, 0.3) is 11.3 Å². The smallest absolute Gasteiger partial charge is 0.145 e. The highest BCUT2D eigenvalue weighted by atomic mass is 16.5. The summed E-state index contributed by atoms with van der Waals surface area (Å²) in [6, 6.07) is 6.02. The van der Waals surface area contributed by atoms with Crippen LogP contribution >= 0.6 is 0 Å². The van der Waals surface area contributed by atoms with Crippen LogP contribution in [0.15, 0.2) is 30.6 Å². The van der Waals surface area contributed by atoms with E-state index in [0.29, 0.717) is 0 Å². The monoisotopic (exact) mass is 243 g/mol. The molecule has 0 bridgehead atoms. The van der Waals surface area contributed by atoms with Gasteiger partial charge in [0.15, 0.2) is 0 Å². The molecular formula is C14H17N3O. The molecule has 2 rings (SSSR count). The van der Waals surface area contributed by atoms with Crippen LogP contribution in [-0.2, 0) is 0 Å². The topological polar surface area (TPSA) is 47.0 Å². The molecule has 94 valence electrons. The molecule has 1 heterocycles. The Labute approximate surface area is 107 Å². The second kappa shape index (κ2) is 5.49. The highest BCUT2D eigenvalue weighted by Gasteiger charge is 2.08. The van der Waals surface area contributed by atoms with E-state index in [1.807, 2.05) is 26.0 Å². The second-order valence-corrected chi connectivity index (χ2v) is 4.02. The van der Waals surface area contributed by atoms with Gasteiger partial charge in [0.05, 0.1) is 25.2 Å². The van der Waals surface area contributed by atoms with Gasteiger partial charge >= 0.3 is 0 Å². The summed E-state index contributed by atoms with van der Waals surface area (Å²) in [7, 11) is 1.66. The van der Waals surface area contributed by atoms with Gasteiger partial charge in [-0.25, -0.2) is 4.98 Å². The van der Waals surface area contributed by atoms with Crippen molar-refractivity contribution in [1.29, 1.82) is 0 Å². The van der Waals surface area contributed by atoms with Crippen LogP contribution in [0.1, 0.15) is 12.5 Å². The standard InChI is InChI=1S/C14H17N3O/c1-4-16-14-9-15-8-12(17-14)11-7-10(2)5-6-13(11)18-3/h5-9H,4H2,1-3H3,(H,16,17). The van der Waals surface area contributed by atoms with Gasteiger partial charge in [-0.2, -0.15) is 0 Å². The Morgan fingerprint density at radius 3 is 2.83 bits per heavy atom. The van der Waals surface area contributed by atoms with Crippen LogP contribution in [0.4, 0.5) is 5.82 Å². The summed E-state index contributed by atoms with van der Waals surface area (Å²) in [5, 5.41) is 3.16. The van der Waals surface area contributed by atoms with Crippen LogP contribution in [0.2, 0.25) is 0 Å². The van der Waals surface area contributed by atoms with Crippen molar-refractivity contribution in [1.82, 2.24) is 9.97 Å². The highest BCUT2D eigenvalue weighted by molar-refractivity contribution is 5.68. The molecule has 0 fully saturated rings. The zero-order valence-electron chi connectivity index (χ0n) is 10.9. The van der Waals surface area contributed by atoms with Gasteiger partial charge in [-0.3, -0.25) is 4.98 Å². The number of rotatable bonds is 4. The maximum Gasteiger partial charge on any atom is 0.145 e. The molecule has 0 aliphatic rings. The van der Waals surface area contributed by atoms with Gasteiger partial charge in [0.2, 0.25) is 0 Å². The third-order valence-electron chi connectivity index (χ3n) is 2.62. The number of hydrogen-bond acceptors (Lipinski definition) is 4. The largest absolute Gasteiger partial charge is 0.496 e. The van der Waals surface area contributed by atoms with Crippen LogP contribution in [0.5, 0.6) is 5.75 Å². The predicted octanol–water partition coefficient (Wildman–Crippen LogP) is 2.89. The summed E-state index contributed by atoms with van der Waals surface area (Å²) in [6.07, 6.45) is 3.47. The molecule has 0 unspecified atom stereocenters. The van der Waals surface area contributed by atoms with E-state index in [1.54, 1.807) is 19.5 Å². The van der Waals surface area contributed by atoms with Crippen molar-refractivity contribution in [2.75, 3.05) is 19.0 Å². The molecule has 18 heavy (non-hydrogen) atoms. The van der Waals surface area contributed by atoms with Crippen molar-refractivity contribution < 1.29 is 4.74 Å². The third-order valence-corrected chi connectivity index (χ3v) is 2.62. The normalized spacial score (nSPS) is 10.2. The average molecular weight is 243 g/mol. The molecule has 1 aromatic heterocycles.